The molecule has 8 nitrogen and oxygen atoms in total. The van der Waals surface area contributed by atoms with Crippen LogP contribution < -0.4 is 10.6 Å². The van der Waals surface area contributed by atoms with Crippen molar-refractivity contribution in [3.63, 3.8) is 0 Å². The van der Waals surface area contributed by atoms with Crippen molar-refractivity contribution >= 4 is 22.6 Å². The van der Waals surface area contributed by atoms with E-state index in [0.29, 0.717) is 6.42 Å². The lowest BCUT2D eigenvalue weighted by atomic mass is 10.1. The van der Waals surface area contributed by atoms with Gasteiger partial charge in [-0.25, -0.2) is 9.48 Å². The Labute approximate surface area is 145 Å². The van der Waals surface area contributed by atoms with Crippen molar-refractivity contribution in [1.29, 1.82) is 0 Å². The van der Waals surface area contributed by atoms with Crippen molar-refractivity contribution in [3.05, 3.63) is 36.3 Å². The monoisotopic (exact) mass is 339 g/mol. The highest BCUT2D eigenvalue weighted by Crippen LogP contribution is 2.21. The SMILES string of the molecule is CCCn1ccc2ccc(NC(=O)NC3CCn4nnnc4C3)cc21. The number of nitrogens with one attached hydrogen (secondary N) is 2. The van der Waals surface area contributed by atoms with Crippen LogP contribution in [0, 0.1) is 0 Å². The third-order valence-corrected chi connectivity index (χ3v) is 4.56. The van der Waals surface area contributed by atoms with Crippen molar-refractivity contribution in [2.24, 2.45) is 0 Å². The van der Waals surface area contributed by atoms with E-state index in [4.69, 9.17) is 0 Å². The normalized spacial score (nSPS) is 16.6. The summed E-state index contributed by atoms with van der Waals surface area (Å²) >= 11 is 0. The number of tetrazole rings is 1. The quantitative estimate of drug-likeness (QED) is 0.762. The summed E-state index contributed by atoms with van der Waals surface area (Å²) < 4.78 is 3.99. The molecule has 2 N–H and O–H groups in total. The Morgan fingerprint density at radius 1 is 1.36 bits per heavy atom. The number of anilines is 1. The van der Waals surface area contributed by atoms with Gasteiger partial charge in [-0.1, -0.05) is 13.0 Å². The summed E-state index contributed by atoms with van der Waals surface area (Å²) in [7, 11) is 0. The lowest BCUT2D eigenvalue weighted by Gasteiger charge is -2.22. The zero-order valence-electron chi connectivity index (χ0n) is 14.1. The Morgan fingerprint density at radius 3 is 3.16 bits per heavy atom. The molecule has 3 heterocycles. The van der Waals surface area contributed by atoms with Crippen molar-refractivity contribution in [3.8, 4) is 0 Å². The second-order valence-corrected chi connectivity index (χ2v) is 6.39. The molecule has 4 rings (SSSR count). The molecule has 0 spiro atoms. The second kappa shape index (κ2) is 6.54. The van der Waals surface area contributed by atoms with Crippen LogP contribution in [0.1, 0.15) is 25.6 Å². The minimum absolute atomic E-state index is 0.0474. The number of fused-ring (bicyclic) bond motifs is 2. The van der Waals surface area contributed by atoms with E-state index in [0.717, 1.165) is 43.0 Å². The van der Waals surface area contributed by atoms with Gasteiger partial charge in [0.2, 0.25) is 0 Å². The van der Waals surface area contributed by atoms with Gasteiger partial charge in [-0.3, -0.25) is 0 Å². The maximum absolute atomic E-state index is 12.3. The van der Waals surface area contributed by atoms with Gasteiger partial charge >= 0.3 is 6.03 Å². The Balaban J connectivity index is 1.42. The highest BCUT2D eigenvalue weighted by Gasteiger charge is 2.22. The molecule has 8 heteroatoms. The molecular weight excluding hydrogens is 318 g/mol. The van der Waals surface area contributed by atoms with Crippen LogP contribution in [0.4, 0.5) is 10.5 Å². The van der Waals surface area contributed by atoms with Crippen molar-refractivity contribution in [1.82, 2.24) is 30.1 Å². The molecular formula is C17H21N7O. The average molecular weight is 339 g/mol. The number of nitrogens with zero attached hydrogens (tertiary/aromatic N) is 5. The first-order valence-electron chi connectivity index (χ1n) is 8.64. The van der Waals surface area contributed by atoms with Crippen LogP contribution in [-0.2, 0) is 19.5 Å². The number of benzene rings is 1. The maximum Gasteiger partial charge on any atom is 0.319 e. The number of aryl methyl sites for hydroxylation is 2. The van der Waals surface area contributed by atoms with Gasteiger partial charge in [0.05, 0.1) is 5.52 Å². The molecule has 1 atom stereocenters. The molecule has 25 heavy (non-hydrogen) atoms. The Kier molecular flexibility index (Phi) is 4.09. The first-order chi connectivity index (χ1) is 12.2. The fourth-order valence-electron chi connectivity index (χ4n) is 3.32. The molecule has 2 amide bonds. The van der Waals surface area contributed by atoms with Gasteiger partial charge in [0.15, 0.2) is 5.82 Å². The zero-order valence-corrected chi connectivity index (χ0v) is 14.1. The van der Waals surface area contributed by atoms with Gasteiger partial charge in [-0.05, 0) is 46.9 Å². The molecule has 0 bridgehead atoms. The first-order valence-corrected chi connectivity index (χ1v) is 8.64. The molecule has 1 aliphatic heterocycles. The number of aromatic nitrogens is 5. The zero-order chi connectivity index (χ0) is 17.2. The van der Waals surface area contributed by atoms with Gasteiger partial charge in [0.1, 0.15) is 0 Å². The number of carbonyl (C=O) groups excluding carboxylic acids is 1. The van der Waals surface area contributed by atoms with E-state index >= 15 is 0 Å². The molecule has 0 saturated carbocycles. The smallest absolute Gasteiger partial charge is 0.319 e. The van der Waals surface area contributed by atoms with Crippen molar-refractivity contribution in [2.75, 3.05) is 5.32 Å². The van der Waals surface area contributed by atoms with Gasteiger partial charge in [0, 0.05) is 37.4 Å². The van der Waals surface area contributed by atoms with E-state index < -0.39 is 0 Å². The summed E-state index contributed by atoms with van der Waals surface area (Å²) in [5.74, 6) is 0.815. The maximum atomic E-state index is 12.3. The van der Waals surface area contributed by atoms with Crippen LogP contribution in [0.2, 0.25) is 0 Å². The van der Waals surface area contributed by atoms with E-state index in [1.807, 2.05) is 18.2 Å². The first kappa shape index (κ1) is 15.6. The van der Waals surface area contributed by atoms with E-state index in [9.17, 15) is 4.79 Å². The van der Waals surface area contributed by atoms with Crippen LogP contribution in [0.25, 0.3) is 10.9 Å². The lowest BCUT2D eigenvalue weighted by Crippen LogP contribution is -2.42. The lowest BCUT2D eigenvalue weighted by molar-refractivity contribution is 0.245. The number of carbonyl (C=O) groups is 1. The summed E-state index contributed by atoms with van der Waals surface area (Å²) in [6.07, 6.45) is 4.63. The Morgan fingerprint density at radius 2 is 2.28 bits per heavy atom. The highest BCUT2D eigenvalue weighted by atomic mass is 16.2. The van der Waals surface area contributed by atoms with Crippen molar-refractivity contribution in [2.45, 2.75) is 45.3 Å². The summed E-state index contributed by atoms with van der Waals surface area (Å²) in [5.41, 5.74) is 1.93. The molecule has 0 radical (unpaired) electrons. The highest BCUT2D eigenvalue weighted by molar-refractivity contribution is 5.93. The molecule has 130 valence electrons. The van der Waals surface area contributed by atoms with Crippen molar-refractivity contribution < 1.29 is 4.79 Å². The Hall–Kier alpha value is -2.90. The molecule has 3 aromatic rings. The molecule has 1 aliphatic rings. The van der Waals surface area contributed by atoms with Gasteiger partial charge in [-0.2, -0.15) is 0 Å². The van der Waals surface area contributed by atoms with Gasteiger partial charge in [-0.15, -0.1) is 5.10 Å². The number of amides is 2. The largest absolute Gasteiger partial charge is 0.347 e. The van der Waals surface area contributed by atoms with E-state index in [1.54, 1.807) is 4.68 Å². The van der Waals surface area contributed by atoms with E-state index in [1.165, 1.54) is 5.39 Å². The van der Waals surface area contributed by atoms with Crippen LogP contribution in [0.15, 0.2) is 30.5 Å². The molecule has 0 fully saturated rings. The molecule has 1 aromatic carbocycles. The topological polar surface area (TPSA) is 89.7 Å². The number of urea groups is 1. The minimum atomic E-state index is -0.195. The number of hydrogen-bond donors (Lipinski definition) is 2. The van der Waals surface area contributed by atoms with Gasteiger partial charge in [0.25, 0.3) is 0 Å². The molecule has 2 aromatic heterocycles. The summed E-state index contributed by atoms with van der Waals surface area (Å²) in [6.45, 7) is 3.85. The summed E-state index contributed by atoms with van der Waals surface area (Å²) in [5, 5.41) is 18.7. The third kappa shape index (κ3) is 3.19. The number of rotatable bonds is 4. The number of hydrogen-bond acceptors (Lipinski definition) is 4. The predicted molar refractivity (Wildman–Crippen MR) is 94.3 cm³/mol. The fraction of sp³-hybridized carbons (Fsp3) is 0.412. The van der Waals surface area contributed by atoms with Crippen LogP contribution in [0.3, 0.4) is 0 Å². The fourth-order valence-corrected chi connectivity index (χ4v) is 3.32. The van der Waals surface area contributed by atoms with Crippen LogP contribution in [0.5, 0.6) is 0 Å². The average Bonchev–Trinajstić information content (AvgIpc) is 3.22. The minimum Gasteiger partial charge on any atom is -0.347 e. The standard InChI is InChI=1S/C17H21N7O/c1-2-7-23-8-5-12-3-4-13(10-15(12)23)18-17(25)19-14-6-9-24-16(11-14)20-21-22-24/h3-5,8,10,14H,2,6-7,9,11H2,1H3,(H2,18,19,25). The van der Waals surface area contributed by atoms with E-state index in [2.05, 4.69) is 49.9 Å². The molecule has 1 unspecified atom stereocenters. The predicted octanol–water partition coefficient (Wildman–Crippen LogP) is 2.17. The second-order valence-electron chi connectivity index (χ2n) is 6.39. The van der Waals surface area contributed by atoms with Gasteiger partial charge < -0.3 is 15.2 Å². The molecule has 0 aliphatic carbocycles. The Bertz CT molecular complexity index is 897. The van der Waals surface area contributed by atoms with Crippen LogP contribution in [-0.4, -0.2) is 36.8 Å². The third-order valence-electron chi connectivity index (χ3n) is 4.56. The molecule has 0 saturated heterocycles. The summed E-state index contributed by atoms with van der Waals surface area (Å²) in [4.78, 5) is 12.3. The summed E-state index contributed by atoms with van der Waals surface area (Å²) in [6, 6.07) is 7.93. The van der Waals surface area contributed by atoms with Crippen LogP contribution >= 0.6 is 0 Å². The van der Waals surface area contributed by atoms with E-state index in [-0.39, 0.29) is 12.1 Å².